The van der Waals surface area contributed by atoms with E-state index >= 15 is 0 Å². The van der Waals surface area contributed by atoms with Gasteiger partial charge in [0, 0.05) is 0 Å². The number of amides is 1. The smallest absolute Gasteiger partial charge is 0.237 e. The highest BCUT2D eigenvalue weighted by Crippen LogP contribution is 2.38. The molecule has 0 bridgehead atoms. The third-order valence-electron chi connectivity index (χ3n) is 5.03. The highest BCUT2D eigenvalue weighted by molar-refractivity contribution is 5.83. The van der Waals surface area contributed by atoms with E-state index in [4.69, 9.17) is 0 Å². The second-order valence-electron chi connectivity index (χ2n) is 6.02. The average Bonchev–Trinajstić information content (AvgIpc) is 2.84. The minimum Gasteiger partial charge on any atom is -0.394 e. The van der Waals surface area contributed by atoms with Crippen molar-refractivity contribution in [3.63, 3.8) is 0 Å². The summed E-state index contributed by atoms with van der Waals surface area (Å²) in [6.07, 6.45) is 6.69. The molecular weight excluding hydrogens is 216 g/mol. The molecule has 3 aliphatic rings. The number of rotatable bonds is 3. The molecule has 3 rings (SSSR count). The molecule has 3 N–H and O–H groups in total. The van der Waals surface area contributed by atoms with Crippen LogP contribution in [0.5, 0.6) is 0 Å². The maximum Gasteiger partial charge on any atom is 0.237 e. The molecule has 3 atom stereocenters. The van der Waals surface area contributed by atoms with Gasteiger partial charge < -0.3 is 15.7 Å². The van der Waals surface area contributed by atoms with Gasteiger partial charge in [-0.2, -0.15) is 0 Å². The highest BCUT2D eigenvalue weighted by atomic mass is 16.3. The lowest BCUT2D eigenvalue weighted by atomic mass is 9.77. The van der Waals surface area contributed by atoms with E-state index in [0.717, 1.165) is 25.8 Å². The topological polar surface area (TPSA) is 61.4 Å². The second kappa shape index (κ2) is 4.25. The van der Waals surface area contributed by atoms with E-state index < -0.39 is 0 Å². The van der Waals surface area contributed by atoms with Crippen LogP contribution in [-0.2, 0) is 4.79 Å². The van der Waals surface area contributed by atoms with Gasteiger partial charge in [0.2, 0.25) is 5.91 Å². The molecule has 3 fully saturated rings. The largest absolute Gasteiger partial charge is 0.394 e. The molecule has 0 spiro atoms. The summed E-state index contributed by atoms with van der Waals surface area (Å²) in [4.78, 5) is 12.3. The van der Waals surface area contributed by atoms with Gasteiger partial charge in [0.15, 0.2) is 0 Å². The molecule has 0 aromatic heterocycles. The summed E-state index contributed by atoms with van der Waals surface area (Å²) in [7, 11) is 0. The lowest BCUT2D eigenvalue weighted by Crippen LogP contribution is -2.60. The van der Waals surface area contributed by atoms with Gasteiger partial charge in [0.25, 0.3) is 0 Å². The molecule has 1 aliphatic heterocycles. The number of aliphatic hydroxyl groups excluding tert-OH is 1. The first kappa shape index (κ1) is 11.5. The number of carbonyl (C=O) groups is 1. The Morgan fingerprint density at radius 3 is 2.82 bits per heavy atom. The molecule has 96 valence electrons. The quantitative estimate of drug-likeness (QED) is 0.667. The standard InChI is InChI=1S/C13H22N2O2/c16-8-13(5-2-6-13)15-12(17)11-10-4-1-3-9(10)7-14-11/h9-11,14,16H,1-8H2,(H,15,17). The number of nitrogens with one attached hydrogen (secondary N) is 2. The van der Waals surface area contributed by atoms with E-state index in [0.29, 0.717) is 11.8 Å². The van der Waals surface area contributed by atoms with Crippen molar-refractivity contribution in [2.45, 2.75) is 50.1 Å². The van der Waals surface area contributed by atoms with Crippen LogP contribution in [0, 0.1) is 11.8 Å². The van der Waals surface area contributed by atoms with Gasteiger partial charge in [-0.3, -0.25) is 4.79 Å². The van der Waals surface area contributed by atoms with E-state index in [1.807, 2.05) is 0 Å². The molecule has 17 heavy (non-hydrogen) atoms. The predicted molar refractivity (Wildman–Crippen MR) is 64.4 cm³/mol. The van der Waals surface area contributed by atoms with Crippen LogP contribution in [0.15, 0.2) is 0 Å². The van der Waals surface area contributed by atoms with Crippen LogP contribution in [0.1, 0.15) is 38.5 Å². The van der Waals surface area contributed by atoms with Gasteiger partial charge in [0.05, 0.1) is 18.2 Å². The number of hydrogen-bond donors (Lipinski definition) is 3. The summed E-state index contributed by atoms with van der Waals surface area (Å²) < 4.78 is 0. The first-order chi connectivity index (χ1) is 8.24. The molecule has 0 aromatic carbocycles. The van der Waals surface area contributed by atoms with Crippen molar-refractivity contribution in [1.29, 1.82) is 0 Å². The van der Waals surface area contributed by atoms with Crippen molar-refractivity contribution in [2.75, 3.05) is 13.2 Å². The van der Waals surface area contributed by atoms with Gasteiger partial charge in [-0.05, 0) is 50.5 Å². The van der Waals surface area contributed by atoms with E-state index in [1.165, 1.54) is 19.3 Å². The van der Waals surface area contributed by atoms with Crippen molar-refractivity contribution in [1.82, 2.24) is 10.6 Å². The van der Waals surface area contributed by atoms with Crippen molar-refractivity contribution >= 4 is 5.91 Å². The van der Waals surface area contributed by atoms with E-state index in [2.05, 4.69) is 10.6 Å². The van der Waals surface area contributed by atoms with E-state index in [1.54, 1.807) is 0 Å². The Morgan fingerprint density at radius 1 is 1.35 bits per heavy atom. The Labute approximate surface area is 102 Å². The molecule has 1 saturated heterocycles. The number of aliphatic hydroxyl groups is 1. The lowest BCUT2D eigenvalue weighted by Gasteiger charge is -2.41. The first-order valence-electron chi connectivity index (χ1n) is 6.90. The van der Waals surface area contributed by atoms with Crippen LogP contribution >= 0.6 is 0 Å². The zero-order valence-corrected chi connectivity index (χ0v) is 10.2. The third kappa shape index (κ3) is 1.87. The Bertz CT molecular complexity index is 309. The Balaban J connectivity index is 1.62. The van der Waals surface area contributed by atoms with Gasteiger partial charge in [-0.1, -0.05) is 6.42 Å². The summed E-state index contributed by atoms with van der Waals surface area (Å²) in [5, 5.41) is 15.8. The highest BCUT2D eigenvalue weighted by Gasteiger charge is 2.45. The summed E-state index contributed by atoms with van der Waals surface area (Å²) in [5.74, 6) is 1.36. The molecule has 4 heteroatoms. The zero-order valence-electron chi connectivity index (χ0n) is 10.2. The van der Waals surface area contributed by atoms with Crippen molar-refractivity contribution in [3.8, 4) is 0 Å². The van der Waals surface area contributed by atoms with Crippen LogP contribution in [0.25, 0.3) is 0 Å². The van der Waals surface area contributed by atoms with E-state index in [9.17, 15) is 9.90 Å². The fourth-order valence-corrected chi connectivity index (χ4v) is 3.74. The minimum absolute atomic E-state index is 0.00785. The minimum atomic E-state index is -0.296. The molecule has 0 aromatic rings. The third-order valence-corrected chi connectivity index (χ3v) is 5.03. The van der Waals surface area contributed by atoms with Crippen LogP contribution < -0.4 is 10.6 Å². The second-order valence-corrected chi connectivity index (χ2v) is 6.02. The zero-order chi connectivity index (χ0) is 11.9. The van der Waals surface area contributed by atoms with Gasteiger partial charge in [0.1, 0.15) is 0 Å². The first-order valence-corrected chi connectivity index (χ1v) is 6.90. The lowest BCUT2D eigenvalue weighted by molar-refractivity contribution is -0.127. The maximum atomic E-state index is 12.3. The van der Waals surface area contributed by atoms with Crippen LogP contribution in [0.3, 0.4) is 0 Å². The normalized spacial score (nSPS) is 38.5. The average molecular weight is 238 g/mol. The molecule has 0 radical (unpaired) electrons. The van der Waals surface area contributed by atoms with Crippen LogP contribution in [0.4, 0.5) is 0 Å². The fourth-order valence-electron chi connectivity index (χ4n) is 3.74. The fraction of sp³-hybridized carbons (Fsp3) is 0.923. The van der Waals surface area contributed by atoms with Crippen LogP contribution in [0.2, 0.25) is 0 Å². The van der Waals surface area contributed by atoms with Crippen molar-refractivity contribution < 1.29 is 9.90 Å². The van der Waals surface area contributed by atoms with E-state index in [-0.39, 0.29) is 24.1 Å². The monoisotopic (exact) mass is 238 g/mol. The summed E-state index contributed by atoms with van der Waals surface area (Å²) in [5.41, 5.74) is -0.296. The molecule has 2 aliphatic carbocycles. The molecular formula is C13H22N2O2. The summed E-state index contributed by atoms with van der Waals surface area (Å²) in [6, 6.07) is -0.00785. The molecule has 1 heterocycles. The number of fused-ring (bicyclic) bond motifs is 1. The van der Waals surface area contributed by atoms with Gasteiger partial charge in [-0.15, -0.1) is 0 Å². The summed E-state index contributed by atoms with van der Waals surface area (Å²) >= 11 is 0. The number of carbonyl (C=O) groups excluding carboxylic acids is 1. The molecule has 4 nitrogen and oxygen atoms in total. The van der Waals surface area contributed by atoms with Crippen LogP contribution in [-0.4, -0.2) is 35.7 Å². The van der Waals surface area contributed by atoms with Crippen molar-refractivity contribution in [2.24, 2.45) is 11.8 Å². The summed E-state index contributed by atoms with van der Waals surface area (Å²) in [6.45, 7) is 1.08. The molecule has 2 saturated carbocycles. The number of hydrogen-bond acceptors (Lipinski definition) is 3. The van der Waals surface area contributed by atoms with Gasteiger partial charge in [-0.25, -0.2) is 0 Å². The molecule has 3 unspecified atom stereocenters. The SMILES string of the molecule is O=C(NC1(CO)CCC1)C1NCC2CCCC21. The van der Waals surface area contributed by atoms with Crippen molar-refractivity contribution in [3.05, 3.63) is 0 Å². The Morgan fingerprint density at radius 2 is 2.18 bits per heavy atom. The van der Waals surface area contributed by atoms with Gasteiger partial charge >= 0.3 is 0 Å². The Kier molecular flexibility index (Phi) is 2.87. The Hall–Kier alpha value is -0.610. The predicted octanol–water partition coefficient (Wildman–Crippen LogP) is 0.406. The maximum absolute atomic E-state index is 12.3. The molecule has 1 amide bonds.